The Morgan fingerprint density at radius 3 is 2.67 bits per heavy atom. The Morgan fingerprint density at radius 2 is 2.00 bits per heavy atom. The number of halogens is 4. The predicted octanol–water partition coefficient (Wildman–Crippen LogP) is 2.89. The number of alkyl halides is 3. The Hall–Kier alpha value is -3.14. The lowest BCUT2D eigenvalue weighted by Gasteiger charge is -2.30. The molecule has 142 valence electrons. The lowest BCUT2D eigenvalue weighted by molar-refractivity contribution is -0.138. The fourth-order valence-corrected chi connectivity index (χ4v) is 2.72. The molecular weight excluding hydrogens is 372 g/mol. The largest absolute Gasteiger partial charge is 0.482 e. The van der Waals surface area contributed by atoms with Crippen molar-refractivity contribution in [1.29, 1.82) is 0 Å². The normalized spacial score (nSPS) is 13.8. The van der Waals surface area contributed by atoms with Gasteiger partial charge in [0.25, 0.3) is 11.8 Å². The second kappa shape index (κ2) is 6.88. The monoisotopic (exact) mass is 384 g/mol. The maximum Gasteiger partial charge on any atom is 0.416 e. The molecule has 1 aliphatic heterocycles. The van der Waals surface area contributed by atoms with E-state index in [1.807, 2.05) is 0 Å². The van der Waals surface area contributed by atoms with Gasteiger partial charge in [-0.15, -0.1) is 0 Å². The number of hydroxylamine groups is 1. The van der Waals surface area contributed by atoms with Gasteiger partial charge < -0.3 is 9.64 Å². The van der Waals surface area contributed by atoms with Gasteiger partial charge in [0.15, 0.2) is 6.61 Å². The van der Waals surface area contributed by atoms with E-state index in [2.05, 4.69) is 0 Å². The van der Waals surface area contributed by atoms with Gasteiger partial charge in [-0.2, -0.15) is 13.2 Å². The molecule has 0 aromatic heterocycles. The predicted molar refractivity (Wildman–Crippen MR) is 83.8 cm³/mol. The summed E-state index contributed by atoms with van der Waals surface area (Å²) >= 11 is 0. The number of carbonyl (C=O) groups excluding carboxylic acids is 2. The van der Waals surface area contributed by atoms with Crippen LogP contribution in [0.25, 0.3) is 0 Å². The van der Waals surface area contributed by atoms with E-state index in [0.717, 1.165) is 29.2 Å². The molecule has 0 aliphatic carbocycles. The SMILES string of the molecule is O=C(NO)c1ccc2c(c1)N(Cc1c(F)cccc1C(F)(F)F)C(=O)CO2. The van der Waals surface area contributed by atoms with Gasteiger partial charge in [-0.05, 0) is 30.3 Å². The molecule has 2 aromatic rings. The van der Waals surface area contributed by atoms with Crippen LogP contribution in [-0.2, 0) is 17.5 Å². The van der Waals surface area contributed by atoms with Gasteiger partial charge in [0.1, 0.15) is 11.6 Å². The van der Waals surface area contributed by atoms with Crippen LogP contribution >= 0.6 is 0 Å². The first kappa shape index (κ1) is 18.6. The molecule has 0 spiro atoms. The first-order valence-electron chi connectivity index (χ1n) is 7.58. The third kappa shape index (κ3) is 3.56. The molecule has 2 amide bonds. The summed E-state index contributed by atoms with van der Waals surface area (Å²) in [6.45, 7) is -1.16. The average molecular weight is 384 g/mol. The van der Waals surface area contributed by atoms with Crippen molar-refractivity contribution in [3.8, 4) is 5.75 Å². The fourth-order valence-electron chi connectivity index (χ4n) is 2.72. The van der Waals surface area contributed by atoms with Crippen molar-refractivity contribution in [2.45, 2.75) is 12.7 Å². The summed E-state index contributed by atoms with van der Waals surface area (Å²) in [6.07, 6.45) is -4.81. The zero-order valence-corrected chi connectivity index (χ0v) is 13.5. The number of nitrogens with zero attached hydrogens (tertiary/aromatic N) is 1. The molecule has 3 rings (SSSR count). The summed E-state index contributed by atoms with van der Waals surface area (Å²) < 4.78 is 59.0. The van der Waals surface area contributed by atoms with E-state index < -0.39 is 48.1 Å². The first-order chi connectivity index (χ1) is 12.7. The van der Waals surface area contributed by atoms with Crippen LogP contribution in [0.5, 0.6) is 5.75 Å². The number of ether oxygens (including phenoxy) is 1. The summed E-state index contributed by atoms with van der Waals surface area (Å²) in [5.41, 5.74) is -0.573. The highest BCUT2D eigenvalue weighted by molar-refractivity contribution is 6.01. The highest BCUT2D eigenvalue weighted by atomic mass is 19.4. The van der Waals surface area contributed by atoms with Crippen molar-refractivity contribution < 1.29 is 37.1 Å². The Labute approximate surface area is 149 Å². The maximum atomic E-state index is 14.1. The van der Waals surface area contributed by atoms with Crippen molar-refractivity contribution in [2.24, 2.45) is 0 Å². The quantitative estimate of drug-likeness (QED) is 0.485. The average Bonchev–Trinajstić information content (AvgIpc) is 2.63. The van der Waals surface area contributed by atoms with Crippen LogP contribution in [0.4, 0.5) is 23.2 Å². The van der Waals surface area contributed by atoms with E-state index in [9.17, 15) is 27.2 Å². The van der Waals surface area contributed by atoms with Crippen LogP contribution in [-0.4, -0.2) is 23.6 Å². The van der Waals surface area contributed by atoms with Crippen molar-refractivity contribution in [3.05, 3.63) is 58.9 Å². The van der Waals surface area contributed by atoms with E-state index in [4.69, 9.17) is 9.94 Å². The number of amides is 2. The Bertz CT molecular complexity index is 914. The summed E-state index contributed by atoms with van der Waals surface area (Å²) in [6, 6.07) is 6.30. The van der Waals surface area contributed by atoms with Crippen LogP contribution in [0.15, 0.2) is 36.4 Å². The molecule has 1 aliphatic rings. The Balaban J connectivity index is 2.07. The Kier molecular flexibility index (Phi) is 4.75. The van der Waals surface area contributed by atoms with Gasteiger partial charge >= 0.3 is 6.18 Å². The minimum absolute atomic E-state index is 0.0104. The molecule has 0 fully saturated rings. The summed E-state index contributed by atoms with van der Waals surface area (Å²) in [5, 5.41) is 8.72. The lowest BCUT2D eigenvalue weighted by Crippen LogP contribution is -2.39. The smallest absolute Gasteiger partial charge is 0.416 e. The molecule has 0 saturated carbocycles. The standard InChI is InChI=1S/C17H12F4N2O4/c18-12-3-1-2-11(17(19,20)21)10(12)7-23-13-6-9(16(25)22-26)4-5-14(13)27-8-15(23)24/h1-6,26H,7-8H2,(H,22,25). The number of hydrogen-bond acceptors (Lipinski definition) is 4. The second-order valence-electron chi connectivity index (χ2n) is 5.66. The van der Waals surface area contributed by atoms with Crippen LogP contribution in [0, 0.1) is 5.82 Å². The van der Waals surface area contributed by atoms with Gasteiger partial charge in [0, 0.05) is 11.1 Å². The molecule has 0 bridgehead atoms. The molecule has 6 nitrogen and oxygen atoms in total. The minimum Gasteiger partial charge on any atom is -0.482 e. The molecule has 10 heteroatoms. The van der Waals surface area contributed by atoms with Gasteiger partial charge in [0.05, 0.1) is 17.8 Å². The van der Waals surface area contributed by atoms with Crippen LogP contribution < -0.4 is 15.1 Å². The van der Waals surface area contributed by atoms with E-state index in [-0.39, 0.29) is 17.0 Å². The van der Waals surface area contributed by atoms with Crippen LogP contribution in [0.3, 0.4) is 0 Å². The van der Waals surface area contributed by atoms with E-state index in [1.165, 1.54) is 17.6 Å². The number of nitrogens with one attached hydrogen (secondary N) is 1. The molecule has 0 unspecified atom stereocenters. The fraction of sp³-hybridized carbons (Fsp3) is 0.176. The van der Waals surface area contributed by atoms with Gasteiger partial charge in [0.2, 0.25) is 0 Å². The molecule has 0 atom stereocenters. The third-order valence-corrected chi connectivity index (χ3v) is 4.01. The Morgan fingerprint density at radius 1 is 1.26 bits per heavy atom. The van der Waals surface area contributed by atoms with Crippen molar-refractivity contribution in [2.75, 3.05) is 11.5 Å². The van der Waals surface area contributed by atoms with Gasteiger partial charge in [-0.25, -0.2) is 9.87 Å². The molecular formula is C17H12F4N2O4. The molecule has 0 radical (unpaired) electrons. The van der Waals surface area contributed by atoms with Crippen molar-refractivity contribution in [1.82, 2.24) is 5.48 Å². The zero-order chi connectivity index (χ0) is 19.8. The number of hydrogen-bond donors (Lipinski definition) is 2. The van der Waals surface area contributed by atoms with Crippen LogP contribution in [0.2, 0.25) is 0 Å². The molecule has 0 saturated heterocycles. The van der Waals surface area contributed by atoms with E-state index in [0.29, 0.717) is 0 Å². The van der Waals surface area contributed by atoms with Gasteiger partial charge in [-0.1, -0.05) is 6.07 Å². The highest BCUT2D eigenvalue weighted by Crippen LogP contribution is 2.37. The van der Waals surface area contributed by atoms with E-state index in [1.54, 1.807) is 0 Å². The maximum absolute atomic E-state index is 14.1. The van der Waals surface area contributed by atoms with Crippen molar-refractivity contribution in [3.63, 3.8) is 0 Å². The number of carbonyl (C=O) groups is 2. The molecule has 1 heterocycles. The minimum atomic E-state index is -4.81. The summed E-state index contributed by atoms with van der Waals surface area (Å²) in [7, 11) is 0. The number of anilines is 1. The van der Waals surface area contributed by atoms with Crippen LogP contribution in [0.1, 0.15) is 21.5 Å². The lowest BCUT2D eigenvalue weighted by atomic mass is 10.0. The summed E-state index contributed by atoms with van der Waals surface area (Å²) in [4.78, 5) is 24.7. The summed E-state index contributed by atoms with van der Waals surface area (Å²) in [5.74, 6) is -2.58. The first-order valence-corrected chi connectivity index (χ1v) is 7.58. The van der Waals surface area contributed by atoms with E-state index >= 15 is 0 Å². The van der Waals surface area contributed by atoms with Gasteiger partial charge in [-0.3, -0.25) is 14.8 Å². The third-order valence-electron chi connectivity index (χ3n) is 4.01. The van der Waals surface area contributed by atoms with Crippen molar-refractivity contribution >= 4 is 17.5 Å². The highest BCUT2D eigenvalue weighted by Gasteiger charge is 2.36. The molecule has 2 aromatic carbocycles. The number of benzene rings is 2. The molecule has 2 N–H and O–H groups in total. The topological polar surface area (TPSA) is 78.9 Å². The second-order valence-corrected chi connectivity index (χ2v) is 5.66. The zero-order valence-electron chi connectivity index (χ0n) is 13.5. The molecule has 27 heavy (non-hydrogen) atoms. The number of fused-ring (bicyclic) bond motifs is 1. The number of rotatable bonds is 3.